The first-order valence-electron chi connectivity index (χ1n) is 7.22. The molecule has 23 heavy (non-hydrogen) atoms. The molecule has 0 aromatic heterocycles. The first kappa shape index (κ1) is 19.9. The fourth-order valence-electron chi connectivity index (χ4n) is 2.62. The van der Waals surface area contributed by atoms with Crippen molar-refractivity contribution < 1.29 is 53.7 Å². The monoisotopic (exact) mass is 326 g/mol. The number of esters is 1. The molecule has 0 saturated heterocycles. The Balaban J connectivity index is 0.00000264. The number of benzene rings is 1. The molecule has 0 N–H and O–H groups in total. The molecule has 2 atom stereocenters. The molecule has 6 heteroatoms. The van der Waals surface area contributed by atoms with Crippen molar-refractivity contribution in [3.63, 3.8) is 0 Å². The molecule has 0 heterocycles. The third-order valence-electron chi connectivity index (χ3n) is 3.74. The van der Waals surface area contributed by atoms with Crippen molar-refractivity contribution in [2.45, 2.75) is 19.4 Å². The maximum atomic E-state index is 11.9. The summed E-state index contributed by atoms with van der Waals surface area (Å²) < 4.78 is 10.2. The van der Waals surface area contributed by atoms with E-state index in [9.17, 15) is 14.7 Å². The van der Waals surface area contributed by atoms with Gasteiger partial charge in [0.2, 0.25) is 0 Å². The quantitative estimate of drug-likeness (QED) is 0.351. The van der Waals surface area contributed by atoms with Gasteiger partial charge in [-0.15, -0.1) is 5.76 Å². The van der Waals surface area contributed by atoms with Gasteiger partial charge >= 0.3 is 35.5 Å². The molecule has 0 radical (unpaired) electrons. The second-order valence-electron chi connectivity index (χ2n) is 5.30. The zero-order chi connectivity index (χ0) is 15.9. The van der Waals surface area contributed by atoms with Gasteiger partial charge in [-0.25, -0.2) is 0 Å². The van der Waals surface area contributed by atoms with E-state index in [4.69, 9.17) is 4.74 Å². The van der Waals surface area contributed by atoms with Crippen molar-refractivity contribution in [2.24, 2.45) is 11.8 Å². The zero-order valence-corrected chi connectivity index (χ0v) is 15.5. The van der Waals surface area contributed by atoms with Crippen LogP contribution in [0.2, 0.25) is 0 Å². The predicted octanol–water partition coefficient (Wildman–Crippen LogP) is -1.78. The number of carbonyl (C=O) groups is 2. The van der Waals surface area contributed by atoms with Crippen LogP contribution in [0.4, 0.5) is 0 Å². The van der Waals surface area contributed by atoms with Gasteiger partial charge in [0.15, 0.2) is 5.78 Å². The maximum absolute atomic E-state index is 11.9. The van der Waals surface area contributed by atoms with E-state index in [-0.39, 0.29) is 47.7 Å². The van der Waals surface area contributed by atoms with Crippen molar-refractivity contribution in [1.29, 1.82) is 0 Å². The Morgan fingerprint density at radius 2 is 2.00 bits per heavy atom. The van der Waals surface area contributed by atoms with E-state index in [1.807, 2.05) is 30.3 Å². The molecule has 1 aromatic rings. The van der Waals surface area contributed by atoms with Crippen LogP contribution in [0.15, 0.2) is 42.2 Å². The SMILES string of the molecule is COC(=O)C1C([O-])=CC(=O)CC1CCOCc1ccccc1.[Na+]. The molecule has 0 amide bonds. The second-order valence-corrected chi connectivity index (χ2v) is 5.30. The topological polar surface area (TPSA) is 75.7 Å². The summed E-state index contributed by atoms with van der Waals surface area (Å²) in [6, 6.07) is 9.71. The van der Waals surface area contributed by atoms with Gasteiger partial charge < -0.3 is 14.6 Å². The number of hydrogen-bond donors (Lipinski definition) is 0. The van der Waals surface area contributed by atoms with Crippen LogP contribution in [0.25, 0.3) is 0 Å². The smallest absolute Gasteiger partial charge is 0.875 e. The fourth-order valence-corrected chi connectivity index (χ4v) is 2.62. The Labute approximate surface area is 158 Å². The first-order valence-corrected chi connectivity index (χ1v) is 7.22. The van der Waals surface area contributed by atoms with Crippen LogP contribution in [-0.2, 0) is 25.7 Å². The standard InChI is InChI=1S/C17H20O5.Na/c1-21-17(20)16-13(9-14(18)10-15(16)19)7-8-22-11-12-5-3-2-4-6-12;/h2-6,10,13,16,19H,7-9,11H2,1H3;/q;+1/p-1. The van der Waals surface area contributed by atoms with Gasteiger partial charge in [0, 0.05) is 13.0 Å². The normalized spacial score (nSPS) is 20.4. The number of rotatable bonds is 6. The molecule has 0 bridgehead atoms. The van der Waals surface area contributed by atoms with Crippen LogP contribution < -0.4 is 34.7 Å². The minimum Gasteiger partial charge on any atom is -0.875 e. The molecule has 118 valence electrons. The summed E-state index contributed by atoms with van der Waals surface area (Å²) in [5.41, 5.74) is 1.05. The van der Waals surface area contributed by atoms with E-state index in [1.54, 1.807) is 0 Å². The van der Waals surface area contributed by atoms with Crippen molar-refractivity contribution in [1.82, 2.24) is 0 Å². The van der Waals surface area contributed by atoms with Crippen LogP contribution in [0.1, 0.15) is 18.4 Å². The average Bonchev–Trinajstić information content (AvgIpc) is 2.51. The van der Waals surface area contributed by atoms with Crippen LogP contribution in [0, 0.1) is 11.8 Å². The third kappa shape index (κ3) is 5.77. The molecule has 1 aliphatic rings. The van der Waals surface area contributed by atoms with Gasteiger partial charge in [0.1, 0.15) is 0 Å². The van der Waals surface area contributed by atoms with Crippen LogP contribution in [0.3, 0.4) is 0 Å². The van der Waals surface area contributed by atoms with Gasteiger partial charge in [-0.05, 0) is 24.0 Å². The molecule has 5 nitrogen and oxygen atoms in total. The molecule has 0 spiro atoms. The van der Waals surface area contributed by atoms with E-state index < -0.39 is 17.6 Å². The van der Waals surface area contributed by atoms with Crippen molar-refractivity contribution in [2.75, 3.05) is 13.7 Å². The third-order valence-corrected chi connectivity index (χ3v) is 3.74. The second kappa shape index (κ2) is 9.88. The molecular weight excluding hydrogens is 307 g/mol. The van der Waals surface area contributed by atoms with Crippen LogP contribution in [0.5, 0.6) is 0 Å². The number of carbonyl (C=O) groups excluding carboxylic acids is 2. The number of allylic oxidation sites excluding steroid dienone is 1. The van der Waals surface area contributed by atoms with E-state index in [1.165, 1.54) is 7.11 Å². The Bertz CT molecular complexity index is 555. The summed E-state index contributed by atoms with van der Waals surface area (Å²) in [5.74, 6) is -2.52. The summed E-state index contributed by atoms with van der Waals surface area (Å²) in [7, 11) is 1.25. The molecule has 1 aliphatic carbocycles. The summed E-state index contributed by atoms with van der Waals surface area (Å²) in [5, 5.41) is 11.9. The maximum Gasteiger partial charge on any atom is 1.00 e. The number of hydrogen-bond acceptors (Lipinski definition) is 5. The van der Waals surface area contributed by atoms with Crippen molar-refractivity contribution in [3.8, 4) is 0 Å². The zero-order valence-electron chi connectivity index (χ0n) is 13.5. The van der Waals surface area contributed by atoms with Gasteiger partial charge in [0.25, 0.3) is 0 Å². The van der Waals surface area contributed by atoms with E-state index in [2.05, 4.69) is 4.74 Å². The molecule has 2 unspecified atom stereocenters. The van der Waals surface area contributed by atoms with E-state index >= 15 is 0 Å². The number of ketones is 1. The molecule has 1 aromatic carbocycles. The fraction of sp³-hybridized carbons (Fsp3) is 0.412. The van der Waals surface area contributed by atoms with Gasteiger partial charge in [-0.1, -0.05) is 30.3 Å². The van der Waals surface area contributed by atoms with Crippen molar-refractivity contribution >= 4 is 11.8 Å². The predicted molar refractivity (Wildman–Crippen MR) is 77.4 cm³/mol. The summed E-state index contributed by atoms with van der Waals surface area (Å²) in [4.78, 5) is 23.3. The molecular formula is C17H19NaO5. The van der Waals surface area contributed by atoms with Crippen LogP contribution in [-0.4, -0.2) is 25.5 Å². The summed E-state index contributed by atoms with van der Waals surface area (Å²) >= 11 is 0. The van der Waals surface area contributed by atoms with E-state index in [0.717, 1.165) is 11.6 Å². The molecule has 0 fully saturated rings. The number of ether oxygens (including phenoxy) is 2. The first-order chi connectivity index (χ1) is 10.6. The average molecular weight is 326 g/mol. The minimum atomic E-state index is -0.886. The number of methoxy groups -OCH3 is 1. The van der Waals surface area contributed by atoms with E-state index in [0.29, 0.717) is 19.6 Å². The van der Waals surface area contributed by atoms with Crippen LogP contribution >= 0.6 is 0 Å². The van der Waals surface area contributed by atoms with Crippen molar-refractivity contribution in [3.05, 3.63) is 47.7 Å². The Morgan fingerprint density at radius 1 is 1.30 bits per heavy atom. The summed E-state index contributed by atoms with van der Waals surface area (Å²) in [6.07, 6.45) is 1.65. The molecule has 0 saturated carbocycles. The largest absolute Gasteiger partial charge is 1.00 e. The molecule has 0 aliphatic heterocycles. The minimum absolute atomic E-state index is 0. The Hall–Kier alpha value is -1.14. The van der Waals surface area contributed by atoms with Gasteiger partial charge in [0.05, 0.1) is 19.6 Å². The summed E-state index contributed by atoms with van der Waals surface area (Å²) in [6.45, 7) is 0.845. The van der Waals surface area contributed by atoms with Gasteiger partial charge in [-0.2, -0.15) is 0 Å². The van der Waals surface area contributed by atoms with Gasteiger partial charge in [-0.3, -0.25) is 9.59 Å². The Kier molecular flexibility index (Phi) is 8.55. The molecule has 2 rings (SSSR count). The Morgan fingerprint density at radius 3 is 2.65 bits per heavy atom.